The number of carbonyl (C=O) groups is 2. The van der Waals surface area contributed by atoms with E-state index < -0.39 is 28.4 Å². The molecule has 152 valence electrons. The molecule has 1 heterocycles. The number of anilines is 1. The highest BCUT2D eigenvalue weighted by molar-refractivity contribution is 7.99. The van der Waals surface area contributed by atoms with Gasteiger partial charge in [-0.15, -0.1) is 0 Å². The highest BCUT2D eigenvalue weighted by Crippen LogP contribution is 2.36. The Labute approximate surface area is 170 Å². The second-order valence-electron chi connectivity index (χ2n) is 6.80. The summed E-state index contributed by atoms with van der Waals surface area (Å²) in [6.45, 7) is 4.62. The molecule has 2 aromatic carbocycles. The fourth-order valence-electron chi connectivity index (χ4n) is 3.17. The van der Waals surface area contributed by atoms with Gasteiger partial charge < -0.3 is 10.1 Å². The van der Waals surface area contributed by atoms with Crippen LogP contribution in [0.3, 0.4) is 0 Å². The van der Waals surface area contributed by atoms with Crippen molar-refractivity contribution in [3.8, 4) is 5.75 Å². The topological polar surface area (TPSA) is 92.8 Å². The van der Waals surface area contributed by atoms with E-state index in [-0.39, 0.29) is 10.5 Å². The lowest BCUT2D eigenvalue weighted by molar-refractivity contribution is -0.126. The van der Waals surface area contributed by atoms with Gasteiger partial charge in [0.25, 0.3) is 15.9 Å². The molecule has 29 heavy (non-hydrogen) atoms. The Hall–Kier alpha value is -3.13. The third kappa shape index (κ3) is 3.75. The van der Waals surface area contributed by atoms with Crippen molar-refractivity contribution in [2.75, 3.05) is 19.0 Å². The van der Waals surface area contributed by atoms with Gasteiger partial charge in [0.05, 0.1) is 7.11 Å². The molecule has 1 aliphatic heterocycles. The van der Waals surface area contributed by atoms with Crippen LogP contribution >= 0.6 is 0 Å². The van der Waals surface area contributed by atoms with Crippen molar-refractivity contribution < 1.29 is 22.7 Å². The van der Waals surface area contributed by atoms with Gasteiger partial charge in [-0.25, -0.2) is 12.7 Å². The van der Waals surface area contributed by atoms with E-state index in [1.54, 1.807) is 36.4 Å². The minimum absolute atomic E-state index is 0.0784. The number of ether oxygens (including phenoxy) is 1. The average molecular weight is 414 g/mol. The lowest BCUT2D eigenvalue weighted by atomic mass is 10.1. The summed E-state index contributed by atoms with van der Waals surface area (Å²) >= 11 is 0. The van der Waals surface area contributed by atoms with E-state index in [1.807, 2.05) is 19.9 Å². The molecule has 0 saturated heterocycles. The zero-order chi connectivity index (χ0) is 21.3. The number of carbonyl (C=O) groups excluding carboxylic acids is 2. The van der Waals surface area contributed by atoms with Crippen LogP contribution in [0.1, 0.15) is 23.6 Å². The molecule has 2 aromatic rings. The molecule has 1 N–H and O–H groups in total. The van der Waals surface area contributed by atoms with Crippen LogP contribution in [0.2, 0.25) is 0 Å². The summed E-state index contributed by atoms with van der Waals surface area (Å²) in [4.78, 5) is 25.0. The first-order valence-corrected chi connectivity index (χ1v) is 10.4. The largest absolute Gasteiger partial charge is 0.497 e. The van der Waals surface area contributed by atoms with Crippen molar-refractivity contribution in [1.29, 1.82) is 0 Å². The Bertz CT molecular complexity index is 1120. The van der Waals surface area contributed by atoms with Crippen LogP contribution in [0.5, 0.6) is 5.75 Å². The van der Waals surface area contributed by atoms with Crippen LogP contribution in [0.15, 0.2) is 48.0 Å². The molecule has 0 aliphatic carbocycles. The van der Waals surface area contributed by atoms with Gasteiger partial charge in [-0.1, -0.05) is 12.1 Å². The number of benzene rings is 2. The van der Waals surface area contributed by atoms with E-state index in [2.05, 4.69) is 5.32 Å². The van der Waals surface area contributed by atoms with E-state index in [9.17, 15) is 18.0 Å². The number of nitrogens with zero attached hydrogens (tertiary/aromatic N) is 1. The number of nitrogens with one attached hydrogen (secondary N) is 1. The van der Waals surface area contributed by atoms with Crippen LogP contribution in [0.4, 0.5) is 5.69 Å². The quantitative estimate of drug-likeness (QED) is 0.812. The summed E-state index contributed by atoms with van der Waals surface area (Å²) < 4.78 is 31.7. The molecule has 0 unspecified atom stereocenters. The lowest BCUT2D eigenvalue weighted by Crippen LogP contribution is -2.38. The van der Waals surface area contributed by atoms with Gasteiger partial charge in [-0.3, -0.25) is 9.59 Å². The van der Waals surface area contributed by atoms with Gasteiger partial charge in [-0.05, 0) is 67.8 Å². The first-order chi connectivity index (χ1) is 13.7. The van der Waals surface area contributed by atoms with E-state index in [0.29, 0.717) is 21.3 Å². The minimum Gasteiger partial charge on any atom is -0.497 e. The lowest BCUT2D eigenvalue weighted by Gasteiger charge is -2.17. The Morgan fingerprint density at radius 1 is 1.07 bits per heavy atom. The van der Waals surface area contributed by atoms with Crippen molar-refractivity contribution in [2.45, 2.75) is 20.8 Å². The normalized spacial score (nSPS) is 15.6. The van der Waals surface area contributed by atoms with E-state index in [0.717, 1.165) is 11.1 Å². The van der Waals surface area contributed by atoms with Crippen molar-refractivity contribution >= 4 is 32.4 Å². The fourth-order valence-corrected chi connectivity index (χ4v) is 4.94. The smallest absolute Gasteiger partial charge is 0.268 e. The third-order valence-electron chi connectivity index (χ3n) is 4.95. The second-order valence-corrected chi connectivity index (χ2v) is 8.59. The monoisotopic (exact) mass is 414 g/mol. The maximum absolute atomic E-state index is 13.0. The molecular weight excluding hydrogens is 392 g/mol. The molecule has 7 nitrogen and oxygen atoms in total. The summed E-state index contributed by atoms with van der Waals surface area (Å²) in [5.74, 6) is -0.718. The zero-order valence-corrected chi connectivity index (χ0v) is 17.5. The van der Waals surface area contributed by atoms with Gasteiger partial charge in [0.2, 0.25) is 5.91 Å². The predicted octanol–water partition coefficient (Wildman–Crippen LogP) is 2.85. The molecule has 0 atom stereocenters. The number of hydrogen-bond donors (Lipinski definition) is 1. The number of sulfonamides is 1. The number of aryl methyl sites for hydroxylation is 1. The van der Waals surface area contributed by atoms with Crippen molar-refractivity contribution in [2.24, 2.45) is 0 Å². The first-order valence-electron chi connectivity index (χ1n) is 8.95. The molecule has 0 radical (unpaired) electrons. The minimum atomic E-state index is -4.14. The standard InChI is InChI=1S/C21H22N2O5S/c1-13-6-5-7-18(14(13)2)22-19(24)12-23-21(25)15(3)20(29(23,26)27)16-8-10-17(28-4)11-9-16/h5-11H,12H2,1-4H3,(H,22,24). The Balaban J connectivity index is 1.85. The predicted molar refractivity (Wildman–Crippen MR) is 111 cm³/mol. The van der Waals surface area contributed by atoms with Crippen LogP contribution in [-0.2, 0) is 19.6 Å². The van der Waals surface area contributed by atoms with Crippen LogP contribution in [-0.4, -0.2) is 38.2 Å². The first kappa shape index (κ1) is 20.6. The Morgan fingerprint density at radius 2 is 1.72 bits per heavy atom. The number of hydrogen-bond acceptors (Lipinski definition) is 5. The molecular formula is C21H22N2O5S. The molecule has 0 aromatic heterocycles. The summed E-state index contributed by atoms with van der Waals surface area (Å²) in [5.41, 5.74) is 2.90. The maximum Gasteiger partial charge on any atom is 0.268 e. The molecule has 0 bridgehead atoms. The highest BCUT2D eigenvalue weighted by Gasteiger charge is 2.43. The van der Waals surface area contributed by atoms with Gasteiger partial charge >= 0.3 is 0 Å². The van der Waals surface area contributed by atoms with Gasteiger partial charge in [0, 0.05) is 11.3 Å². The van der Waals surface area contributed by atoms with Crippen molar-refractivity contribution in [3.05, 3.63) is 64.7 Å². The van der Waals surface area contributed by atoms with Crippen molar-refractivity contribution in [1.82, 2.24) is 4.31 Å². The van der Waals surface area contributed by atoms with Gasteiger partial charge in [0.1, 0.15) is 17.2 Å². The van der Waals surface area contributed by atoms with Gasteiger partial charge in [0.15, 0.2) is 0 Å². The van der Waals surface area contributed by atoms with Crippen LogP contribution in [0.25, 0.3) is 4.91 Å². The third-order valence-corrected chi connectivity index (χ3v) is 6.89. The van der Waals surface area contributed by atoms with Crippen LogP contribution in [0, 0.1) is 13.8 Å². The molecule has 3 rings (SSSR count). The van der Waals surface area contributed by atoms with Crippen molar-refractivity contribution in [3.63, 3.8) is 0 Å². The molecule has 2 amide bonds. The Morgan fingerprint density at radius 3 is 2.34 bits per heavy atom. The summed E-state index contributed by atoms with van der Waals surface area (Å²) in [6.07, 6.45) is 0. The molecule has 8 heteroatoms. The summed E-state index contributed by atoms with van der Waals surface area (Å²) in [7, 11) is -2.64. The van der Waals surface area contributed by atoms with E-state index in [1.165, 1.54) is 14.0 Å². The Kier molecular flexibility index (Phi) is 5.48. The molecule has 0 spiro atoms. The maximum atomic E-state index is 13.0. The van der Waals surface area contributed by atoms with E-state index in [4.69, 9.17) is 4.74 Å². The molecule has 1 aliphatic rings. The van der Waals surface area contributed by atoms with Gasteiger partial charge in [-0.2, -0.15) is 0 Å². The molecule has 0 fully saturated rings. The second kappa shape index (κ2) is 7.71. The average Bonchev–Trinajstić information content (AvgIpc) is 2.85. The summed E-state index contributed by atoms with van der Waals surface area (Å²) in [5, 5.41) is 2.69. The SMILES string of the molecule is COc1ccc(C2=C(C)C(=O)N(CC(=O)Nc3cccc(C)c3C)S2(=O)=O)cc1. The zero-order valence-electron chi connectivity index (χ0n) is 16.6. The number of methoxy groups -OCH3 is 1. The van der Waals surface area contributed by atoms with E-state index >= 15 is 0 Å². The molecule has 0 saturated carbocycles. The summed E-state index contributed by atoms with van der Waals surface area (Å²) in [6, 6.07) is 11.8. The number of amides is 2. The highest BCUT2D eigenvalue weighted by atomic mass is 32.2. The fraction of sp³-hybridized carbons (Fsp3) is 0.238. The number of rotatable bonds is 5. The van der Waals surface area contributed by atoms with Crippen LogP contribution < -0.4 is 10.1 Å².